The van der Waals surface area contributed by atoms with Gasteiger partial charge in [0.05, 0.1) is 28.9 Å². The monoisotopic (exact) mass is 470 g/mol. The van der Waals surface area contributed by atoms with Gasteiger partial charge >= 0.3 is 5.97 Å². The first-order valence-corrected chi connectivity index (χ1v) is 12.4. The van der Waals surface area contributed by atoms with Crippen molar-refractivity contribution in [1.82, 2.24) is 4.98 Å². The molecule has 5 rings (SSSR count). The molecule has 2 heterocycles. The molecule has 2 aromatic heterocycles. The van der Waals surface area contributed by atoms with Crippen molar-refractivity contribution >= 4 is 39.1 Å². The van der Waals surface area contributed by atoms with E-state index in [9.17, 15) is 9.59 Å². The largest absolute Gasteiger partial charge is 0.462 e. The summed E-state index contributed by atoms with van der Waals surface area (Å²) in [5, 5.41) is 4.40. The van der Waals surface area contributed by atoms with Crippen molar-refractivity contribution in [3.63, 3.8) is 0 Å². The molecule has 1 amide bonds. The molecule has 2 aromatic carbocycles. The molecule has 1 aliphatic rings. The minimum atomic E-state index is -0.366. The highest BCUT2D eigenvalue weighted by Gasteiger charge is 2.29. The minimum Gasteiger partial charge on any atom is -0.462 e. The third-order valence-corrected chi connectivity index (χ3v) is 7.42. The Kier molecular flexibility index (Phi) is 6.16. The van der Waals surface area contributed by atoms with Crippen LogP contribution in [0.4, 0.5) is 5.00 Å². The van der Waals surface area contributed by atoms with Crippen LogP contribution in [0.3, 0.4) is 0 Å². The fourth-order valence-electron chi connectivity index (χ4n) is 4.55. The van der Waals surface area contributed by atoms with Crippen LogP contribution in [0.2, 0.25) is 0 Å². The minimum absolute atomic E-state index is 0.257. The van der Waals surface area contributed by atoms with Crippen LogP contribution < -0.4 is 5.32 Å². The lowest BCUT2D eigenvalue weighted by molar-refractivity contribution is 0.0526. The number of pyridine rings is 1. The number of fused-ring (bicyclic) bond motifs is 2. The summed E-state index contributed by atoms with van der Waals surface area (Å²) in [5.74, 6) is -0.0651. The Morgan fingerprint density at radius 1 is 1.12 bits per heavy atom. The van der Waals surface area contributed by atoms with Gasteiger partial charge in [-0.2, -0.15) is 0 Å². The first-order valence-electron chi connectivity index (χ1n) is 11.6. The fourth-order valence-corrected chi connectivity index (χ4v) is 5.94. The second kappa shape index (κ2) is 9.39. The van der Waals surface area contributed by atoms with Crippen molar-refractivity contribution in [2.24, 2.45) is 5.92 Å². The number of thiophene rings is 1. The number of benzene rings is 2. The third kappa shape index (κ3) is 4.21. The van der Waals surface area contributed by atoms with Crippen molar-refractivity contribution in [1.29, 1.82) is 0 Å². The molecule has 5 nitrogen and oxygen atoms in total. The smallest absolute Gasteiger partial charge is 0.341 e. The standard InChI is InChI=1S/C28H26N2O3S/c1-3-33-28(32)25-20-14-13-17(2)15-24(20)34-27(25)30-26(31)21-16-23(18-9-5-4-6-10-18)29-22-12-8-7-11-19(21)22/h4-12,16-17H,3,13-15H2,1-2H3,(H,30,31). The van der Waals surface area contributed by atoms with Crippen LogP contribution in [-0.4, -0.2) is 23.5 Å². The van der Waals surface area contributed by atoms with Gasteiger partial charge in [0.25, 0.3) is 5.91 Å². The lowest BCUT2D eigenvalue weighted by atomic mass is 9.88. The zero-order valence-electron chi connectivity index (χ0n) is 19.3. The number of ether oxygens (including phenoxy) is 1. The number of nitrogens with one attached hydrogen (secondary N) is 1. The molecule has 0 radical (unpaired) electrons. The lowest BCUT2D eigenvalue weighted by Crippen LogP contribution is -2.17. The third-order valence-electron chi connectivity index (χ3n) is 6.25. The number of hydrogen-bond donors (Lipinski definition) is 1. The first-order chi connectivity index (χ1) is 16.5. The van der Waals surface area contributed by atoms with Crippen LogP contribution >= 0.6 is 11.3 Å². The Balaban J connectivity index is 1.58. The maximum Gasteiger partial charge on any atom is 0.341 e. The molecule has 1 aliphatic carbocycles. The van der Waals surface area contributed by atoms with E-state index in [1.165, 1.54) is 16.2 Å². The number of hydrogen-bond acceptors (Lipinski definition) is 5. The SMILES string of the molecule is CCOC(=O)c1c(NC(=O)c2cc(-c3ccccc3)nc3ccccc23)sc2c1CCC(C)C2. The van der Waals surface area contributed by atoms with Crippen molar-refractivity contribution in [2.45, 2.75) is 33.1 Å². The van der Waals surface area contributed by atoms with E-state index < -0.39 is 0 Å². The van der Waals surface area contributed by atoms with E-state index in [4.69, 9.17) is 9.72 Å². The number of aromatic nitrogens is 1. The van der Waals surface area contributed by atoms with E-state index in [0.29, 0.717) is 28.7 Å². The average Bonchev–Trinajstić information content (AvgIpc) is 3.20. The molecule has 1 N–H and O–H groups in total. The normalized spacial score (nSPS) is 15.1. The molecule has 1 unspecified atom stereocenters. The maximum absolute atomic E-state index is 13.6. The van der Waals surface area contributed by atoms with Gasteiger partial charge in [0.2, 0.25) is 0 Å². The highest BCUT2D eigenvalue weighted by molar-refractivity contribution is 7.17. The molecule has 4 aromatic rings. The first kappa shape index (κ1) is 22.3. The molecule has 0 bridgehead atoms. The van der Waals surface area contributed by atoms with Gasteiger partial charge in [0.1, 0.15) is 5.00 Å². The predicted molar refractivity (Wildman–Crippen MR) is 137 cm³/mol. The highest BCUT2D eigenvalue weighted by atomic mass is 32.1. The summed E-state index contributed by atoms with van der Waals surface area (Å²) in [7, 11) is 0. The average molecular weight is 471 g/mol. The second-order valence-electron chi connectivity index (χ2n) is 8.67. The molecule has 0 saturated heterocycles. The highest BCUT2D eigenvalue weighted by Crippen LogP contribution is 2.40. The molecule has 34 heavy (non-hydrogen) atoms. The number of rotatable bonds is 5. The number of nitrogens with zero attached hydrogens (tertiary/aromatic N) is 1. The van der Waals surface area contributed by atoms with Gasteiger partial charge in [-0.1, -0.05) is 55.5 Å². The van der Waals surface area contributed by atoms with E-state index in [1.54, 1.807) is 6.92 Å². The van der Waals surface area contributed by atoms with Crippen molar-refractivity contribution in [2.75, 3.05) is 11.9 Å². The fraction of sp³-hybridized carbons (Fsp3) is 0.250. The van der Waals surface area contributed by atoms with E-state index in [2.05, 4.69) is 12.2 Å². The van der Waals surface area contributed by atoms with Crippen LogP contribution in [0.25, 0.3) is 22.2 Å². The van der Waals surface area contributed by atoms with Gasteiger partial charge in [-0.3, -0.25) is 4.79 Å². The van der Waals surface area contributed by atoms with Gasteiger partial charge in [0, 0.05) is 15.8 Å². The van der Waals surface area contributed by atoms with Crippen LogP contribution in [0, 0.1) is 5.92 Å². The molecule has 0 fully saturated rings. The van der Waals surface area contributed by atoms with Gasteiger partial charge in [-0.15, -0.1) is 11.3 Å². The number of amides is 1. The summed E-state index contributed by atoms with van der Waals surface area (Å²) >= 11 is 1.50. The molecule has 172 valence electrons. The number of anilines is 1. The Hall–Kier alpha value is -3.51. The summed E-state index contributed by atoms with van der Waals surface area (Å²) < 4.78 is 5.36. The predicted octanol–water partition coefficient (Wildman–Crippen LogP) is 6.52. The molecular weight excluding hydrogens is 444 g/mol. The van der Waals surface area contributed by atoms with Crippen LogP contribution in [0.15, 0.2) is 60.7 Å². The molecule has 0 saturated carbocycles. The summed E-state index contributed by atoms with van der Waals surface area (Å²) in [6.07, 6.45) is 2.77. The molecule has 6 heteroatoms. The summed E-state index contributed by atoms with van der Waals surface area (Å²) in [6.45, 7) is 4.31. The van der Waals surface area contributed by atoms with Gasteiger partial charge in [-0.05, 0) is 49.8 Å². The number of para-hydroxylation sites is 1. The van der Waals surface area contributed by atoms with E-state index in [-0.39, 0.29) is 11.9 Å². The van der Waals surface area contributed by atoms with Crippen LogP contribution in [-0.2, 0) is 17.6 Å². The molecule has 0 aliphatic heterocycles. The molecular formula is C28H26N2O3S. The summed E-state index contributed by atoms with van der Waals surface area (Å²) in [5.41, 5.74) is 4.49. The number of esters is 1. The Morgan fingerprint density at radius 2 is 1.88 bits per heavy atom. The summed E-state index contributed by atoms with van der Waals surface area (Å²) in [6, 6.07) is 19.3. The zero-order chi connectivity index (χ0) is 23.7. The van der Waals surface area contributed by atoms with Gasteiger partial charge in [0.15, 0.2) is 0 Å². The van der Waals surface area contributed by atoms with E-state index in [0.717, 1.165) is 47.0 Å². The van der Waals surface area contributed by atoms with E-state index >= 15 is 0 Å². The Bertz CT molecular complexity index is 1380. The second-order valence-corrected chi connectivity index (χ2v) is 9.77. The van der Waals surface area contributed by atoms with Crippen LogP contribution in [0.5, 0.6) is 0 Å². The topological polar surface area (TPSA) is 68.3 Å². The lowest BCUT2D eigenvalue weighted by Gasteiger charge is -2.18. The Labute approximate surface area is 202 Å². The number of carbonyl (C=O) groups is 2. The molecule has 1 atom stereocenters. The van der Waals surface area contributed by atoms with Gasteiger partial charge < -0.3 is 10.1 Å². The quantitative estimate of drug-likeness (QED) is 0.337. The zero-order valence-corrected chi connectivity index (χ0v) is 20.1. The maximum atomic E-state index is 13.6. The van der Waals surface area contributed by atoms with Crippen molar-refractivity contribution in [3.05, 3.63) is 82.2 Å². The van der Waals surface area contributed by atoms with E-state index in [1.807, 2.05) is 60.7 Å². The molecule has 0 spiro atoms. The number of carbonyl (C=O) groups excluding carboxylic acids is 2. The van der Waals surface area contributed by atoms with Gasteiger partial charge in [-0.25, -0.2) is 9.78 Å². The Morgan fingerprint density at radius 3 is 2.68 bits per heavy atom. The van der Waals surface area contributed by atoms with Crippen molar-refractivity contribution < 1.29 is 14.3 Å². The summed E-state index contributed by atoms with van der Waals surface area (Å²) in [4.78, 5) is 32.5. The van der Waals surface area contributed by atoms with Crippen molar-refractivity contribution in [3.8, 4) is 11.3 Å². The van der Waals surface area contributed by atoms with Crippen LogP contribution in [0.1, 0.15) is 51.4 Å².